The predicted molar refractivity (Wildman–Crippen MR) is 130 cm³/mol. The summed E-state index contributed by atoms with van der Waals surface area (Å²) < 4.78 is 0. The van der Waals surface area contributed by atoms with Crippen LogP contribution in [0.4, 0.5) is 5.69 Å². The quantitative estimate of drug-likeness (QED) is 0.206. The van der Waals surface area contributed by atoms with Crippen molar-refractivity contribution in [2.75, 3.05) is 5.43 Å². The van der Waals surface area contributed by atoms with Gasteiger partial charge in [-0.2, -0.15) is 5.01 Å². The summed E-state index contributed by atoms with van der Waals surface area (Å²) in [5, 5.41) is 1.22. The number of carbonyl (C=O) groups is 2. The summed E-state index contributed by atoms with van der Waals surface area (Å²) in [6.07, 6.45) is 18.9. The highest BCUT2D eigenvalue weighted by Crippen LogP contribution is 2.30. The second-order valence-electron chi connectivity index (χ2n) is 9.36. The maximum atomic E-state index is 12.7. The van der Waals surface area contributed by atoms with Crippen molar-refractivity contribution in [2.45, 2.75) is 110 Å². The van der Waals surface area contributed by atoms with Gasteiger partial charge < -0.3 is 0 Å². The summed E-state index contributed by atoms with van der Waals surface area (Å²) in [6.45, 7) is 4.40. The standard InChI is InChI=1S/C27H44N2O2/c1-3-4-5-6-7-8-9-10-11-12-13-14-16-19-23(2)25-22-26(30)29(27(25)31)28-24-20-17-15-18-21-24/h15,17-18,20-21,23,25,28H,3-14,16,19,22H2,1-2H3. The molecule has 0 spiro atoms. The Morgan fingerprint density at radius 1 is 0.839 bits per heavy atom. The summed E-state index contributed by atoms with van der Waals surface area (Å²) in [5.41, 5.74) is 3.75. The van der Waals surface area contributed by atoms with E-state index in [2.05, 4.69) is 19.3 Å². The summed E-state index contributed by atoms with van der Waals surface area (Å²) in [4.78, 5) is 25.1. The number of hydrazine groups is 1. The number of rotatable bonds is 17. The molecule has 0 bridgehead atoms. The average Bonchev–Trinajstić information content (AvgIpc) is 3.06. The van der Waals surface area contributed by atoms with Crippen molar-refractivity contribution < 1.29 is 9.59 Å². The van der Waals surface area contributed by atoms with Crippen molar-refractivity contribution in [3.63, 3.8) is 0 Å². The second kappa shape index (κ2) is 15.0. The number of benzene rings is 1. The van der Waals surface area contributed by atoms with E-state index in [0.717, 1.165) is 18.5 Å². The Labute approximate surface area is 190 Å². The third kappa shape index (κ3) is 9.45. The molecule has 4 heteroatoms. The number of nitrogens with zero attached hydrogens (tertiary/aromatic N) is 1. The number of unbranched alkanes of at least 4 members (excludes halogenated alkanes) is 12. The molecule has 1 N–H and O–H groups in total. The van der Waals surface area contributed by atoms with Gasteiger partial charge in [-0.1, -0.05) is 116 Å². The van der Waals surface area contributed by atoms with Crippen molar-refractivity contribution in [3.8, 4) is 0 Å². The number of nitrogens with one attached hydrogen (secondary N) is 1. The van der Waals surface area contributed by atoms with E-state index in [1.54, 1.807) is 0 Å². The largest absolute Gasteiger partial charge is 0.289 e. The van der Waals surface area contributed by atoms with Crippen LogP contribution in [0.3, 0.4) is 0 Å². The molecule has 0 aromatic heterocycles. The fraction of sp³-hybridized carbons (Fsp3) is 0.704. The second-order valence-corrected chi connectivity index (χ2v) is 9.36. The van der Waals surface area contributed by atoms with Gasteiger partial charge in [0.2, 0.25) is 5.91 Å². The first kappa shape index (κ1) is 25.4. The fourth-order valence-electron chi connectivity index (χ4n) is 4.54. The Morgan fingerprint density at radius 3 is 1.90 bits per heavy atom. The third-order valence-corrected chi connectivity index (χ3v) is 6.65. The summed E-state index contributed by atoms with van der Waals surface area (Å²) in [7, 11) is 0. The molecule has 31 heavy (non-hydrogen) atoms. The molecule has 4 nitrogen and oxygen atoms in total. The molecule has 1 aliphatic heterocycles. The molecule has 2 amide bonds. The molecular formula is C27H44N2O2. The molecule has 2 unspecified atom stereocenters. The van der Waals surface area contributed by atoms with Crippen molar-refractivity contribution in [2.24, 2.45) is 11.8 Å². The van der Waals surface area contributed by atoms with Crippen molar-refractivity contribution in [3.05, 3.63) is 30.3 Å². The van der Waals surface area contributed by atoms with E-state index in [1.165, 1.54) is 82.1 Å². The van der Waals surface area contributed by atoms with E-state index in [9.17, 15) is 9.59 Å². The van der Waals surface area contributed by atoms with Gasteiger partial charge in [-0.15, -0.1) is 0 Å². The van der Waals surface area contributed by atoms with Crippen molar-refractivity contribution >= 4 is 17.5 Å². The maximum absolute atomic E-state index is 12.7. The number of carbonyl (C=O) groups excluding carboxylic acids is 2. The lowest BCUT2D eigenvalue weighted by molar-refractivity contribution is -0.138. The molecule has 1 aromatic carbocycles. The van der Waals surface area contributed by atoms with Gasteiger partial charge in [-0.3, -0.25) is 15.0 Å². The van der Waals surface area contributed by atoms with E-state index < -0.39 is 0 Å². The highest BCUT2D eigenvalue weighted by Gasteiger charge is 2.41. The van der Waals surface area contributed by atoms with E-state index >= 15 is 0 Å². The number of hydrogen-bond donors (Lipinski definition) is 1. The highest BCUT2D eigenvalue weighted by molar-refractivity contribution is 6.04. The van der Waals surface area contributed by atoms with Crippen LogP contribution < -0.4 is 5.43 Å². The predicted octanol–water partition coefficient (Wildman–Crippen LogP) is 7.51. The zero-order valence-corrected chi connectivity index (χ0v) is 19.9. The van der Waals surface area contributed by atoms with Gasteiger partial charge in [0.15, 0.2) is 0 Å². The molecule has 1 saturated heterocycles. The summed E-state index contributed by atoms with van der Waals surface area (Å²) in [6, 6.07) is 9.43. The smallest absolute Gasteiger partial charge is 0.252 e. The molecule has 1 aliphatic rings. The van der Waals surface area contributed by atoms with Gasteiger partial charge in [0.1, 0.15) is 0 Å². The third-order valence-electron chi connectivity index (χ3n) is 6.65. The van der Waals surface area contributed by atoms with Gasteiger partial charge >= 0.3 is 0 Å². The zero-order chi connectivity index (χ0) is 22.3. The summed E-state index contributed by atoms with van der Waals surface area (Å²) in [5.74, 6) is -0.111. The minimum absolute atomic E-state index is 0.0731. The maximum Gasteiger partial charge on any atom is 0.252 e. The SMILES string of the molecule is CCCCCCCCCCCCCCCC(C)C1CC(=O)N(Nc2ccccc2)C1=O. The molecule has 174 valence electrons. The molecule has 0 aliphatic carbocycles. The molecule has 1 fully saturated rings. The van der Waals surface area contributed by atoms with Gasteiger partial charge in [-0.05, 0) is 24.5 Å². The van der Waals surface area contributed by atoms with Crippen molar-refractivity contribution in [1.29, 1.82) is 0 Å². The first-order valence-corrected chi connectivity index (χ1v) is 12.8. The van der Waals surface area contributed by atoms with Crippen LogP contribution in [0.5, 0.6) is 0 Å². The lowest BCUT2D eigenvalue weighted by Crippen LogP contribution is -2.36. The van der Waals surface area contributed by atoms with Crippen LogP contribution in [-0.2, 0) is 9.59 Å². The summed E-state index contributed by atoms with van der Waals surface area (Å²) >= 11 is 0. The van der Waals surface area contributed by atoms with Crippen LogP contribution in [0, 0.1) is 11.8 Å². The molecule has 0 saturated carbocycles. The van der Waals surface area contributed by atoms with Crippen molar-refractivity contribution in [1.82, 2.24) is 5.01 Å². The number of hydrogen-bond acceptors (Lipinski definition) is 3. The van der Waals surface area contributed by atoms with E-state index in [0.29, 0.717) is 6.42 Å². The number of imide groups is 1. The lowest BCUT2D eigenvalue weighted by atomic mass is 9.88. The number of para-hydroxylation sites is 1. The first-order chi connectivity index (χ1) is 15.1. The molecule has 0 radical (unpaired) electrons. The van der Waals surface area contributed by atoms with Gasteiger partial charge in [0, 0.05) is 6.42 Å². The van der Waals surface area contributed by atoms with Crippen LogP contribution in [0.25, 0.3) is 0 Å². The molecule has 1 aromatic rings. The zero-order valence-electron chi connectivity index (χ0n) is 19.9. The highest BCUT2D eigenvalue weighted by atomic mass is 16.2. The van der Waals surface area contributed by atoms with Gasteiger partial charge in [0.25, 0.3) is 5.91 Å². The minimum Gasteiger partial charge on any atom is -0.289 e. The Morgan fingerprint density at radius 2 is 1.35 bits per heavy atom. The number of amides is 2. The molecule has 1 heterocycles. The average molecular weight is 429 g/mol. The Hall–Kier alpha value is -1.84. The minimum atomic E-state index is -0.180. The topological polar surface area (TPSA) is 49.4 Å². The molecule has 2 atom stereocenters. The Bertz CT molecular complexity index is 631. The van der Waals surface area contributed by atoms with Crippen LogP contribution in [0.1, 0.15) is 110 Å². The van der Waals surface area contributed by atoms with Crippen LogP contribution in [0.15, 0.2) is 30.3 Å². The van der Waals surface area contributed by atoms with Crippen LogP contribution >= 0.6 is 0 Å². The Balaban J connectivity index is 1.51. The Kier molecular flexibility index (Phi) is 12.3. The lowest BCUT2D eigenvalue weighted by Gasteiger charge is -2.20. The van der Waals surface area contributed by atoms with E-state index in [4.69, 9.17) is 0 Å². The van der Waals surface area contributed by atoms with E-state index in [1.807, 2.05) is 30.3 Å². The number of anilines is 1. The first-order valence-electron chi connectivity index (χ1n) is 12.8. The fourth-order valence-corrected chi connectivity index (χ4v) is 4.54. The monoisotopic (exact) mass is 428 g/mol. The molecule has 2 rings (SSSR count). The normalized spacial score (nSPS) is 17.4. The van der Waals surface area contributed by atoms with Gasteiger partial charge in [-0.25, -0.2) is 0 Å². The molecular weight excluding hydrogens is 384 g/mol. The van der Waals surface area contributed by atoms with E-state index in [-0.39, 0.29) is 23.7 Å². The van der Waals surface area contributed by atoms with Crippen LogP contribution in [0.2, 0.25) is 0 Å². The van der Waals surface area contributed by atoms with Gasteiger partial charge in [0.05, 0.1) is 11.6 Å². The van der Waals surface area contributed by atoms with Crippen LogP contribution in [-0.4, -0.2) is 16.8 Å².